The Morgan fingerprint density at radius 2 is 1.11 bits per heavy atom. The molecule has 1 heterocycles. The Balaban J connectivity index is 2.97. The van der Waals surface area contributed by atoms with Gasteiger partial charge >= 0.3 is 63.3 Å². The minimum atomic E-state index is 0.171. The summed E-state index contributed by atoms with van der Waals surface area (Å²) in [6.45, 7) is 9.03. The molecule has 0 atom stereocenters. The molecule has 1 aliphatic rings. The van der Waals surface area contributed by atoms with Crippen LogP contribution in [0.3, 0.4) is 0 Å². The summed E-state index contributed by atoms with van der Waals surface area (Å²) in [5.74, 6) is 0. The normalized spacial score (nSPS) is 20.0. The van der Waals surface area contributed by atoms with Crippen molar-refractivity contribution in [1.29, 1.82) is 0 Å². The van der Waals surface area contributed by atoms with Crippen molar-refractivity contribution >= 4 is 15.8 Å². The monoisotopic (exact) mass is 184 g/mol. The van der Waals surface area contributed by atoms with Crippen molar-refractivity contribution in [3.8, 4) is 0 Å². The summed E-state index contributed by atoms with van der Waals surface area (Å²) in [5.41, 5.74) is 3.13. The molecule has 0 saturated carbocycles. The molecule has 1 heteroatoms. The van der Waals surface area contributed by atoms with E-state index in [1.54, 1.807) is 19.9 Å². The van der Waals surface area contributed by atoms with Crippen molar-refractivity contribution in [3.05, 3.63) is 19.9 Å². The Kier molecular flexibility index (Phi) is 1.86. The van der Waals surface area contributed by atoms with Crippen molar-refractivity contribution < 1.29 is 0 Å². The van der Waals surface area contributed by atoms with Crippen molar-refractivity contribution in [2.24, 2.45) is 0 Å². The summed E-state index contributed by atoms with van der Waals surface area (Å²) in [6, 6.07) is 0. The van der Waals surface area contributed by atoms with E-state index in [4.69, 9.17) is 0 Å². The van der Waals surface area contributed by atoms with E-state index in [1.165, 1.54) is 0 Å². The molecule has 1 aliphatic heterocycles. The number of allylic oxidation sites excluding steroid dienone is 4. The molecule has 0 aliphatic carbocycles. The van der Waals surface area contributed by atoms with Gasteiger partial charge in [0.15, 0.2) is 0 Å². The fraction of sp³-hybridized carbons (Fsp3) is 0.500. The van der Waals surface area contributed by atoms with E-state index < -0.39 is 0 Å². The van der Waals surface area contributed by atoms with Gasteiger partial charge in [0.2, 0.25) is 0 Å². The van der Waals surface area contributed by atoms with Gasteiger partial charge in [-0.1, -0.05) is 0 Å². The molecule has 1 rings (SSSR count). The van der Waals surface area contributed by atoms with E-state index in [0.29, 0.717) is 0 Å². The van der Waals surface area contributed by atoms with E-state index in [9.17, 15) is 0 Å². The van der Waals surface area contributed by atoms with Gasteiger partial charge in [-0.15, -0.1) is 0 Å². The van der Waals surface area contributed by atoms with Crippen LogP contribution < -0.4 is 0 Å². The molecule has 0 aromatic rings. The van der Waals surface area contributed by atoms with Gasteiger partial charge < -0.3 is 0 Å². The maximum absolute atomic E-state index is 2.27. The summed E-state index contributed by atoms with van der Waals surface area (Å²) in [6.07, 6.45) is 0. The van der Waals surface area contributed by atoms with Crippen LogP contribution >= 0.6 is 0 Å². The summed E-state index contributed by atoms with van der Waals surface area (Å²) >= 11 is 0.171. The Bertz CT molecular complexity index is 175. The molecule has 0 spiro atoms. The summed E-state index contributed by atoms with van der Waals surface area (Å²) in [5, 5.41) is 0. The van der Waals surface area contributed by atoms with Crippen LogP contribution in [0.25, 0.3) is 0 Å². The fourth-order valence-corrected chi connectivity index (χ4v) is 3.78. The second-order valence-electron chi connectivity index (χ2n) is 2.62. The van der Waals surface area contributed by atoms with E-state index in [0.717, 1.165) is 0 Å². The van der Waals surface area contributed by atoms with Crippen molar-refractivity contribution in [2.75, 3.05) is 0 Å². The molecule has 50 valence electrons. The first-order valence-corrected chi connectivity index (χ1v) is 5.35. The van der Waals surface area contributed by atoms with Crippen LogP contribution in [-0.4, -0.2) is 15.8 Å². The first-order chi connectivity index (χ1) is 4.13. The molecule has 0 N–H and O–H groups in total. The second kappa shape index (κ2) is 2.34. The van der Waals surface area contributed by atoms with Crippen LogP contribution in [0.2, 0.25) is 0 Å². The minimum absolute atomic E-state index is 0.171. The van der Waals surface area contributed by atoms with Gasteiger partial charge in [-0.2, -0.15) is 0 Å². The zero-order valence-corrected chi connectivity index (χ0v) is 8.60. The first kappa shape index (κ1) is 7.15. The van der Waals surface area contributed by atoms with Gasteiger partial charge in [-0.05, 0) is 0 Å². The SMILES string of the molecule is CC1=C(C)C(C)=C(C)[AsH]1. The quantitative estimate of drug-likeness (QED) is 0.505. The summed E-state index contributed by atoms with van der Waals surface area (Å²) < 4.78 is 3.34. The van der Waals surface area contributed by atoms with E-state index >= 15 is 0 Å². The molecular formula is C8H13As. The van der Waals surface area contributed by atoms with E-state index in [2.05, 4.69) is 27.7 Å². The summed E-state index contributed by atoms with van der Waals surface area (Å²) in [4.78, 5) is 0. The van der Waals surface area contributed by atoms with Crippen LogP contribution in [0.5, 0.6) is 0 Å². The Labute approximate surface area is 63.7 Å². The van der Waals surface area contributed by atoms with Crippen LogP contribution in [0, 0.1) is 0 Å². The van der Waals surface area contributed by atoms with Crippen molar-refractivity contribution in [1.82, 2.24) is 0 Å². The summed E-state index contributed by atoms with van der Waals surface area (Å²) in [7, 11) is 0. The molecule has 0 amide bonds. The Hall–Kier alpha value is 0.0384. The topological polar surface area (TPSA) is 0 Å². The predicted octanol–water partition coefficient (Wildman–Crippen LogP) is 2.02. The van der Waals surface area contributed by atoms with Crippen LogP contribution in [0.15, 0.2) is 19.9 Å². The van der Waals surface area contributed by atoms with E-state index in [1.807, 2.05) is 0 Å². The first-order valence-electron chi connectivity index (χ1n) is 3.25. The number of hydrogen-bond donors (Lipinski definition) is 0. The molecule has 0 fully saturated rings. The van der Waals surface area contributed by atoms with Gasteiger partial charge in [-0.3, -0.25) is 0 Å². The molecule has 0 nitrogen and oxygen atoms in total. The van der Waals surface area contributed by atoms with Crippen LogP contribution in [0.1, 0.15) is 27.7 Å². The molecular weight excluding hydrogens is 171 g/mol. The molecule has 0 saturated heterocycles. The van der Waals surface area contributed by atoms with E-state index in [-0.39, 0.29) is 15.8 Å². The predicted molar refractivity (Wildman–Crippen MR) is 43.9 cm³/mol. The Morgan fingerprint density at radius 3 is 1.22 bits per heavy atom. The zero-order chi connectivity index (χ0) is 7.02. The molecule has 0 radical (unpaired) electrons. The third kappa shape index (κ3) is 1.14. The maximum atomic E-state index is 2.27. The van der Waals surface area contributed by atoms with Gasteiger partial charge in [0.05, 0.1) is 0 Å². The van der Waals surface area contributed by atoms with Gasteiger partial charge in [0.25, 0.3) is 0 Å². The van der Waals surface area contributed by atoms with Crippen LogP contribution in [0.4, 0.5) is 0 Å². The molecule has 0 aromatic heterocycles. The van der Waals surface area contributed by atoms with Crippen molar-refractivity contribution in [2.45, 2.75) is 27.7 Å². The third-order valence-corrected chi connectivity index (χ3v) is 5.21. The van der Waals surface area contributed by atoms with Gasteiger partial charge in [0, 0.05) is 0 Å². The standard InChI is InChI=1S/C8H13As/c1-5-6(2)8(4)9-7(5)3/h9H,1-4H3. The molecule has 0 aromatic carbocycles. The average Bonchev–Trinajstić information content (AvgIpc) is 1.98. The molecule has 9 heavy (non-hydrogen) atoms. The second-order valence-corrected chi connectivity index (χ2v) is 6.30. The number of rotatable bonds is 0. The van der Waals surface area contributed by atoms with Gasteiger partial charge in [-0.25, -0.2) is 0 Å². The van der Waals surface area contributed by atoms with Crippen LogP contribution in [-0.2, 0) is 0 Å². The fourth-order valence-electron chi connectivity index (χ4n) is 1.03. The average molecular weight is 184 g/mol. The molecule has 0 unspecified atom stereocenters. The molecule has 0 bridgehead atoms. The third-order valence-electron chi connectivity index (χ3n) is 2.06. The Morgan fingerprint density at radius 1 is 0.778 bits per heavy atom. The van der Waals surface area contributed by atoms with Crippen molar-refractivity contribution in [3.63, 3.8) is 0 Å². The number of hydrogen-bond acceptors (Lipinski definition) is 0. The zero-order valence-electron chi connectivity index (χ0n) is 6.50. The van der Waals surface area contributed by atoms with Gasteiger partial charge in [0.1, 0.15) is 0 Å².